The molecule has 3 heterocycles. The Morgan fingerprint density at radius 3 is 2.44 bits per heavy atom. The second kappa shape index (κ2) is 8.89. The summed E-state index contributed by atoms with van der Waals surface area (Å²) in [6.45, 7) is 0.690. The fraction of sp³-hybridized carbons (Fsp3) is 0.0769. The van der Waals surface area contributed by atoms with Gasteiger partial charge in [0.15, 0.2) is 5.82 Å². The minimum atomic E-state index is -0.255. The lowest BCUT2D eigenvalue weighted by molar-refractivity contribution is 0.628. The molecule has 32 heavy (non-hydrogen) atoms. The fourth-order valence-electron chi connectivity index (χ4n) is 3.57. The molecule has 3 aromatic heterocycles. The Labute approximate surface area is 185 Å². The molecule has 0 aliphatic carbocycles. The third kappa shape index (κ3) is 4.30. The highest BCUT2D eigenvalue weighted by atomic mass is 19.1. The summed E-state index contributed by atoms with van der Waals surface area (Å²) in [5, 5.41) is 4.37. The number of pyridine rings is 2. The topological polar surface area (TPSA) is 63.6 Å². The normalized spacial score (nSPS) is 10.9. The van der Waals surface area contributed by atoms with E-state index in [2.05, 4.69) is 15.3 Å². The van der Waals surface area contributed by atoms with Gasteiger partial charge in [-0.1, -0.05) is 24.3 Å². The standard InChI is InChI=1S/C26H20FN5/c27-21-9-6-18(7-10-21)19-8-11-23-24(16-19)31-25(20-4-3-13-28-17-20)32-26(23)30-15-12-22-5-1-2-14-29-22/h1-11,13-14,16-17H,12,15H2,(H,30,31,32). The van der Waals surface area contributed by atoms with Crippen molar-refractivity contribution >= 4 is 16.7 Å². The lowest BCUT2D eigenvalue weighted by Crippen LogP contribution is -2.09. The Morgan fingerprint density at radius 2 is 1.66 bits per heavy atom. The maximum Gasteiger partial charge on any atom is 0.163 e. The molecule has 0 saturated carbocycles. The van der Waals surface area contributed by atoms with Gasteiger partial charge in [-0.05, 0) is 59.7 Å². The summed E-state index contributed by atoms with van der Waals surface area (Å²) in [6, 6.07) is 22.2. The van der Waals surface area contributed by atoms with Gasteiger partial charge in [-0.15, -0.1) is 0 Å². The van der Waals surface area contributed by atoms with Gasteiger partial charge in [-0.2, -0.15) is 0 Å². The monoisotopic (exact) mass is 421 g/mol. The summed E-state index contributed by atoms with van der Waals surface area (Å²) in [4.78, 5) is 18.2. The van der Waals surface area contributed by atoms with Gasteiger partial charge >= 0.3 is 0 Å². The van der Waals surface area contributed by atoms with Crippen LogP contribution < -0.4 is 5.32 Å². The second-order valence-corrected chi connectivity index (χ2v) is 7.37. The third-order valence-corrected chi connectivity index (χ3v) is 5.19. The molecule has 0 atom stereocenters. The summed E-state index contributed by atoms with van der Waals surface area (Å²) in [5.74, 6) is 1.10. The van der Waals surface area contributed by atoms with Crippen molar-refractivity contribution in [1.82, 2.24) is 19.9 Å². The summed E-state index contributed by atoms with van der Waals surface area (Å²) >= 11 is 0. The van der Waals surface area contributed by atoms with E-state index in [0.29, 0.717) is 12.4 Å². The van der Waals surface area contributed by atoms with E-state index in [-0.39, 0.29) is 5.82 Å². The third-order valence-electron chi connectivity index (χ3n) is 5.19. The highest BCUT2D eigenvalue weighted by Crippen LogP contribution is 2.29. The minimum absolute atomic E-state index is 0.255. The average molecular weight is 421 g/mol. The molecular formula is C26H20FN5. The zero-order chi connectivity index (χ0) is 21.8. The van der Waals surface area contributed by atoms with Gasteiger partial charge in [-0.25, -0.2) is 14.4 Å². The van der Waals surface area contributed by atoms with E-state index in [0.717, 1.165) is 45.5 Å². The van der Waals surface area contributed by atoms with Gasteiger partial charge in [0.05, 0.1) is 5.52 Å². The highest BCUT2D eigenvalue weighted by molar-refractivity contribution is 5.93. The Kier molecular flexibility index (Phi) is 5.49. The Hall–Kier alpha value is -4.19. The summed E-state index contributed by atoms with van der Waals surface area (Å²) in [6.07, 6.45) is 6.06. The number of benzene rings is 2. The molecule has 0 radical (unpaired) electrons. The van der Waals surface area contributed by atoms with Crippen molar-refractivity contribution in [3.8, 4) is 22.5 Å². The molecule has 0 fully saturated rings. The van der Waals surface area contributed by atoms with Crippen LogP contribution in [0.4, 0.5) is 10.2 Å². The van der Waals surface area contributed by atoms with Gasteiger partial charge in [0.25, 0.3) is 0 Å². The van der Waals surface area contributed by atoms with Crippen LogP contribution in [0.3, 0.4) is 0 Å². The molecule has 2 aromatic carbocycles. The van der Waals surface area contributed by atoms with E-state index >= 15 is 0 Å². The molecule has 0 unspecified atom stereocenters. The summed E-state index contributed by atoms with van der Waals surface area (Å²) in [7, 11) is 0. The molecule has 5 rings (SSSR count). The van der Waals surface area contributed by atoms with E-state index in [1.165, 1.54) is 12.1 Å². The summed E-state index contributed by atoms with van der Waals surface area (Å²) < 4.78 is 13.4. The van der Waals surface area contributed by atoms with Crippen LogP contribution in [0, 0.1) is 5.82 Å². The molecule has 0 aliphatic rings. The molecule has 0 saturated heterocycles. The molecule has 0 aliphatic heterocycles. The van der Waals surface area contributed by atoms with E-state index < -0.39 is 0 Å². The Morgan fingerprint density at radius 1 is 0.781 bits per heavy atom. The van der Waals surface area contributed by atoms with E-state index in [9.17, 15) is 4.39 Å². The highest BCUT2D eigenvalue weighted by Gasteiger charge is 2.11. The van der Waals surface area contributed by atoms with Crippen molar-refractivity contribution in [2.24, 2.45) is 0 Å². The Bertz CT molecular complexity index is 1340. The second-order valence-electron chi connectivity index (χ2n) is 7.37. The molecule has 6 heteroatoms. The van der Waals surface area contributed by atoms with E-state index in [4.69, 9.17) is 9.97 Å². The minimum Gasteiger partial charge on any atom is -0.369 e. The lowest BCUT2D eigenvalue weighted by Gasteiger charge is -2.12. The fourth-order valence-corrected chi connectivity index (χ4v) is 3.57. The molecular weight excluding hydrogens is 401 g/mol. The zero-order valence-corrected chi connectivity index (χ0v) is 17.2. The number of aromatic nitrogens is 4. The largest absolute Gasteiger partial charge is 0.369 e. The van der Waals surface area contributed by atoms with Gasteiger partial charge < -0.3 is 5.32 Å². The van der Waals surface area contributed by atoms with Gasteiger partial charge in [-0.3, -0.25) is 9.97 Å². The smallest absolute Gasteiger partial charge is 0.163 e. The predicted octanol–water partition coefficient (Wildman–Crippen LogP) is 5.55. The first-order chi connectivity index (χ1) is 15.8. The van der Waals surface area contributed by atoms with Crippen molar-refractivity contribution < 1.29 is 4.39 Å². The van der Waals surface area contributed by atoms with Crippen molar-refractivity contribution in [2.75, 3.05) is 11.9 Å². The average Bonchev–Trinajstić information content (AvgIpc) is 2.85. The van der Waals surface area contributed by atoms with Gasteiger partial charge in [0.2, 0.25) is 0 Å². The molecule has 0 bridgehead atoms. The van der Waals surface area contributed by atoms with Gasteiger partial charge in [0.1, 0.15) is 11.6 Å². The van der Waals surface area contributed by atoms with Crippen molar-refractivity contribution in [3.05, 3.63) is 103 Å². The van der Waals surface area contributed by atoms with Crippen LogP contribution >= 0.6 is 0 Å². The van der Waals surface area contributed by atoms with Crippen molar-refractivity contribution in [1.29, 1.82) is 0 Å². The quantitative estimate of drug-likeness (QED) is 0.390. The molecule has 5 aromatic rings. The molecule has 156 valence electrons. The maximum absolute atomic E-state index is 13.4. The number of hydrogen-bond acceptors (Lipinski definition) is 5. The van der Waals surface area contributed by atoms with Crippen molar-refractivity contribution in [2.45, 2.75) is 6.42 Å². The van der Waals surface area contributed by atoms with Crippen LogP contribution in [0.2, 0.25) is 0 Å². The first kappa shape index (κ1) is 19.8. The van der Waals surface area contributed by atoms with Crippen LogP contribution in [0.25, 0.3) is 33.4 Å². The number of nitrogens with zero attached hydrogens (tertiary/aromatic N) is 4. The number of fused-ring (bicyclic) bond motifs is 1. The van der Waals surface area contributed by atoms with Crippen LogP contribution in [0.15, 0.2) is 91.4 Å². The summed E-state index contributed by atoms with van der Waals surface area (Å²) in [5.41, 5.74) is 4.56. The van der Waals surface area contributed by atoms with Crippen LogP contribution in [-0.2, 0) is 6.42 Å². The lowest BCUT2D eigenvalue weighted by atomic mass is 10.0. The molecule has 0 spiro atoms. The molecule has 5 nitrogen and oxygen atoms in total. The number of halogens is 1. The number of anilines is 1. The van der Waals surface area contributed by atoms with Gasteiger partial charge in [0, 0.05) is 48.2 Å². The number of rotatable bonds is 6. The number of hydrogen-bond donors (Lipinski definition) is 1. The molecule has 1 N–H and O–H groups in total. The Balaban J connectivity index is 1.53. The van der Waals surface area contributed by atoms with Crippen LogP contribution in [0.1, 0.15) is 5.69 Å². The van der Waals surface area contributed by atoms with Crippen LogP contribution in [0.5, 0.6) is 0 Å². The maximum atomic E-state index is 13.4. The van der Waals surface area contributed by atoms with Crippen molar-refractivity contribution in [3.63, 3.8) is 0 Å². The predicted molar refractivity (Wildman–Crippen MR) is 125 cm³/mol. The molecule has 0 amide bonds. The first-order valence-corrected chi connectivity index (χ1v) is 10.4. The van der Waals surface area contributed by atoms with E-state index in [1.807, 2.05) is 48.5 Å². The first-order valence-electron chi connectivity index (χ1n) is 10.4. The SMILES string of the molecule is Fc1ccc(-c2ccc3c(NCCc4ccccn4)nc(-c4cccnc4)nc3c2)cc1. The van der Waals surface area contributed by atoms with Crippen LogP contribution in [-0.4, -0.2) is 26.5 Å². The number of nitrogens with one attached hydrogen (secondary N) is 1. The zero-order valence-electron chi connectivity index (χ0n) is 17.2. The van der Waals surface area contributed by atoms with E-state index in [1.54, 1.807) is 30.7 Å².